The van der Waals surface area contributed by atoms with Crippen LogP contribution in [-0.2, 0) is 6.42 Å². The van der Waals surface area contributed by atoms with E-state index in [1.807, 2.05) is 0 Å². The van der Waals surface area contributed by atoms with E-state index < -0.39 is 0 Å². The van der Waals surface area contributed by atoms with Gasteiger partial charge in [0, 0.05) is 6.04 Å². The SMILES string of the molecule is CCCc1ccc(C(NC)C2CCCCCCC2)cc1. The summed E-state index contributed by atoms with van der Waals surface area (Å²) in [7, 11) is 2.13. The van der Waals surface area contributed by atoms with Crippen molar-refractivity contribution in [1.82, 2.24) is 5.32 Å². The number of nitrogens with one attached hydrogen (secondary N) is 1. The van der Waals surface area contributed by atoms with E-state index in [0.717, 1.165) is 5.92 Å². The Morgan fingerprint density at radius 3 is 2.15 bits per heavy atom. The lowest BCUT2D eigenvalue weighted by molar-refractivity contribution is 0.299. The van der Waals surface area contributed by atoms with Crippen LogP contribution in [0.3, 0.4) is 0 Å². The molecule has 112 valence electrons. The molecule has 1 N–H and O–H groups in total. The highest BCUT2D eigenvalue weighted by molar-refractivity contribution is 5.25. The predicted octanol–water partition coefficient (Wildman–Crippen LogP) is 5.26. The Morgan fingerprint density at radius 2 is 1.60 bits per heavy atom. The van der Waals surface area contributed by atoms with Crippen molar-refractivity contribution in [3.63, 3.8) is 0 Å². The Bertz CT molecular complexity index is 360. The van der Waals surface area contributed by atoms with Crippen LogP contribution in [0.4, 0.5) is 0 Å². The Morgan fingerprint density at radius 1 is 1.00 bits per heavy atom. The third kappa shape index (κ3) is 4.34. The van der Waals surface area contributed by atoms with E-state index in [0.29, 0.717) is 6.04 Å². The van der Waals surface area contributed by atoms with Crippen molar-refractivity contribution in [2.45, 2.75) is 70.8 Å². The van der Waals surface area contributed by atoms with Crippen LogP contribution in [0.15, 0.2) is 24.3 Å². The van der Waals surface area contributed by atoms with E-state index in [9.17, 15) is 0 Å². The van der Waals surface area contributed by atoms with Gasteiger partial charge in [-0.1, -0.05) is 69.7 Å². The van der Waals surface area contributed by atoms with E-state index in [-0.39, 0.29) is 0 Å². The highest BCUT2D eigenvalue weighted by atomic mass is 14.9. The molecule has 1 atom stereocenters. The molecule has 1 unspecified atom stereocenters. The molecule has 1 aliphatic rings. The number of hydrogen-bond acceptors (Lipinski definition) is 1. The van der Waals surface area contributed by atoms with Crippen LogP contribution in [0.1, 0.15) is 75.5 Å². The van der Waals surface area contributed by atoms with Crippen LogP contribution in [0, 0.1) is 5.92 Å². The van der Waals surface area contributed by atoms with Crippen molar-refractivity contribution in [3.8, 4) is 0 Å². The molecule has 1 fully saturated rings. The van der Waals surface area contributed by atoms with E-state index >= 15 is 0 Å². The highest BCUT2D eigenvalue weighted by Crippen LogP contribution is 2.32. The smallest absolute Gasteiger partial charge is 0.0346 e. The van der Waals surface area contributed by atoms with Gasteiger partial charge in [-0.25, -0.2) is 0 Å². The molecule has 1 aromatic rings. The summed E-state index contributed by atoms with van der Waals surface area (Å²) < 4.78 is 0. The van der Waals surface area contributed by atoms with Crippen molar-refractivity contribution in [1.29, 1.82) is 0 Å². The van der Waals surface area contributed by atoms with Gasteiger partial charge in [0.25, 0.3) is 0 Å². The molecule has 0 aliphatic heterocycles. The lowest BCUT2D eigenvalue weighted by Crippen LogP contribution is -2.26. The van der Waals surface area contributed by atoms with Gasteiger partial charge in [0.1, 0.15) is 0 Å². The third-order valence-electron chi connectivity index (χ3n) is 4.81. The minimum absolute atomic E-state index is 0.545. The molecule has 0 amide bonds. The summed E-state index contributed by atoms with van der Waals surface area (Å²) in [5.41, 5.74) is 2.96. The van der Waals surface area contributed by atoms with Gasteiger partial charge < -0.3 is 5.32 Å². The summed E-state index contributed by atoms with van der Waals surface area (Å²) in [6, 6.07) is 9.90. The zero-order valence-corrected chi connectivity index (χ0v) is 13.3. The normalized spacial score (nSPS) is 19.3. The van der Waals surface area contributed by atoms with Crippen LogP contribution in [-0.4, -0.2) is 7.05 Å². The zero-order valence-electron chi connectivity index (χ0n) is 13.3. The molecule has 2 rings (SSSR count). The average molecular weight is 273 g/mol. The predicted molar refractivity (Wildman–Crippen MR) is 88.0 cm³/mol. The first-order chi connectivity index (χ1) is 9.85. The van der Waals surface area contributed by atoms with Crippen LogP contribution in [0.2, 0.25) is 0 Å². The minimum atomic E-state index is 0.545. The number of benzene rings is 1. The summed E-state index contributed by atoms with van der Waals surface area (Å²) in [5.74, 6) is 0.817. The number of rotatable bonds is 5. The molecule has 0 aromatic heterocycles. The maximum absolute atomic E-state index is 3.59. The van der Waals surface area contributed by atoms with E-state index in [4.69, 9.17) is 0 Å². The van der Waals surface area contributed by atoms with Gasteiger partial charge in [0.15, 0.2) is 0 Å². The van der Waals surface area contributed by atoms with E-state index in [1.165, 1.54) is 68.9 Å². The quantitative estimate of drug-likeness (QED) is 0.771. The Kier molecular flexibility index (Phi) is 6.59. The fourth-order valence-corrected chi connectivity index (χ4v) is 3.68. The first-order valence-corrected chi connectivity index (χ1v) is 8.61. The second-order valence-corrected chi connectivity index (χ2v) is 6.36. The fourth-order valence-electron chi connectivity index (χ4n) is 3.68. The second-order valence-electron chi connectivity index (χ2n) is 6.36. The van der Waals surface area contributed by atoms with Crippen molar-refractivity contribution >= 4 is 0 Å². The molecule has 20 heavy (non-hydrogen) atoms. The molecule has 0 spiro atoms. The molecule has 1 saturated carbocycles. The van der Waals surface area contributed by atoms with Crippen LogP contribution < -0.4 is 5.32 Å². The second kappa shape index (κ2) is 8.46. The molecular formula is C19H31N. The highest BCUT2D eigenvalue weighted by Gasteiger charge is 2.22. The first kappa shape index (κ1) is 15.6. The summed E-state index contributed by atoms with van der Waals surface area (Å²) in [5, 5.41) is 3.59. The maximum Gasteiger partial charge on any atom is 0.0346 e. The van der Waals surface area contributed by atoms with Crippen molar-refractivity contribution < 1.29 is 0 Å². The Labute approximate surface area is 125 Å². The zero-order chi connectivity index (χ0) is 14.2. The van der Waals surface area contributed by atoms with Gasteiger partial charge >= 0.3 is 0 Å². The largest absolute Gasteiger partial charge is 0.313 e. The maximum atomic E-state index is 3.59. The fraction of sp³-hybridized carbons (Fsp3) is 0.684. The van der Waals surface area contributed by atoms with Crippen LogP contribution >= 0.6 is 0 Å². The average Bonchev–Trinajstić information content (AvgIpc) is 2.43. The summed E-state index contributed by atoms with van der Waals surface area (Å²) >= 11 is 0. The first-order valence-electron chi connectivity index (χ1n) is 8.61. The number of aryl methyl sites for hydroxylation is 1. The summed E-state index contributed by atoms with van der Waals surface area (Å²) in [4.78, 5) is 0. The van der Waals surface area contributed by atoms with Gasteiger partial charge in [-0.2, -0.15) is 0 Å². The van der Waals surface area contributed by atoms with Crippen molar-refractivity contribution in [3.05, 3.63) is 35.4 Å². The molecule has 1 nitrogen and oxygen atoms in total. The van der Waals surface area contributed by atoms with Gasteiger partial charge in [-0.3, -0.25) is 0 Å². The van der Waals surface area contributed by atoms with E-state index in [2.05, 4.69) is 43.6 Å². The number of hydrogen-bond donors (Lipinski definition) is 1. The lowest BCUT2D eigenvalue weighted by Gasteiger charge is -2.29. The van der Waals surface area contributed by atoms with E-state index in [1.54, 1.807) is 0 Å². The van der Waals surface area contributed by atoms with Crippen LogP contribution in [0.25, 0.3) is 0 Å². The molecule has 1 aliphatic carbocycles. The lowest BCUT2D eigenvalue weighted by atomic mass is 9.82. The Hall–Kier alpha value is -0.820. The van der Waals surface area contributed by atoms with Crippen molar-refractivity contribution in [2.75, 3.05) is 7.05 Å². The van der Waals surface area contributed by atoms with Gasteiger partial charge in [-0.15, -0.1) is 0 Å². The summed E-state index contributed by atoms with van der Waals surface area (Å²) in [6.07, 6.45) is 12.4. The summed E-state index contributed by atoms with van der Waals surface area (Å²) in [6.45, 7) is 2.25. The Balaban J connectivity index is 2.05. The third-order valence-corrected chi connectivity index (χ3v) is 4.81. The topological polar surface area (TPSA) is 12.0 Å². The van der Waals surface area contributed by atoms with Gasteiger partial charge in [0.05, 0.1) is 0 Å². The van der Waals surface area contributed by atoms with Gasteiger partial charge in [-0.05, 0) is 43.4 Å². The monoisotopic (exact) mass is 273 g/mol. The standard InChI is InChI=1S/C19H31N/c1-3-9-16-12-14-18(15-13-16)19(20-2)17-10-7-5-4-6-8-11-17/h12-15,17,19-20H,3-11H2,1-2H3. The molecule has 0 bridgehead atoms. The molecule has 0 radical (unpaired) electrons. The molecular weight excluding hydrogens is 242 g/mol. The molecule has 0 heterocycles. The van der Waals surface area contributed by atoms with Gasteiger partial charge in [0.2, 0.25) is 0 Å². The molecule has 1 aromatic carbocycles. The molecule has 0 saturated heterocycles. The van der Waals surface area contributed by atoms with Crippen molar-refractivity contribution in [2.24, 2.45) is 5.92 Å². The van der Waals surface area contributed by atoms with Crippen LogP contribution in [0.5, 0.6) is 0 Å². The minimum Gasteiger partial charge on any atom is -0.313 e. The molecule has 1 heteroatoms.